The lowest BCUT2D eigenvalue weighted by atomic mass is 10.0. The van der Waals surface area contributed by atoms with E-state index in [0.29, 0.717) is 41.9 Å². The molecule has 0 atom stereocenters. The summed E-state index contributed by atoms with van der Waals surface area (Å²) in [5.74, 6) is -1.26. The normalized spacial score (nSPS) is 11.1. The van der Waals surface area contributed by atoms with Crippen LogP contribution in [0.2, 0.25) is 0 Å². The molecular weight excluding hydrogens is 510 g/mol. The molecule has 0 aliphatic heterocycles. The largest absolute Gasteiger partial charge is 0.476 e. The fraction of sp³-hybridized carbons (Fsp3) is 0.148. The van der Waals surface area contributed by atoms with E-state index in [4.69, 9.17) is 15.2 Å². The number of ketones is 1. The monoisotopic (exact) mass is 532 g/mol. The minimum absolute atomic E-state index is 0.0876. The molecule has 3 aromatic heterocycles. The fourth-order valence-corrected chi connectivity index (χ4v) is 3.86. The summed E-state index contributed by atoms with van der Waals surface area (Å²) >= 11 is 0. The van der Waals surface area contributed by atoms with E-state index in [1.165, 1.54) is 60.9 Å². The van der Waals surface area contributed by atoms with E-state index in [9.17, 15) is 14.0 Å². The van der Waals surface area contributed by atoms with Crippen molar-refractivity contribution in [3.05, 3.63) is 100 Å². The molecule has 0 bridgehead atoms. The number of Topliss-reactive ketones (excluding diaryl/α,β-unsaturated/α-hetero) is 1. The summed E-state index contributed by atoms with van der Waals surface area (Å²) in [4.78, 5) is 30.0. The summed E-state index contributed by atoms with van der Waals surface area (Å²) in [7, 11) is 0. The quantitative estimate of drug-likeness (QED) is 0.205. The first-order chi connectivity index (χ1) is 18.9. The van der Waals surface area contributed by atoms with E-state index in [1.54, 1.807) is 6.07 Å². The van der Waals surface area contributed by atoms with Crippen LogP contribution in [0.5, 0.6) is 17.4 Å². The number of hydrogen-bond donors (Lipinski definition) is 2. The van der Waals surface area contributed by atoms with Gasteiger partial charge in [0, 0.05) is 24.9 Å². The molecule has 5 rings (SSSR count). The zero-order valence-corrected chi connectivity index (χ0v) is 20.4. The maximum Gasteiger partial charge on any atom is 0.282 e. The van der Waals surface area contributed by atoms with Gasteiger partial charge in [-0.2, -0.15) is 9.78 Å². The Kier molecular flexibility index (Phi) is 7.37. The number of pyridine rings is 1. The molecule has 198 valence electrons. The second-order valence-corrected chi connectivity index (χ2v) is 8.46. The minimum atomic E-state index is -0.710. The number of fused-ring (bicyclic) bond motifs is 1. The molecule has 0 radical (unpaired) electrons. The highest BCUT2D eigenvalue weighted by atomic mass is 19.1. The molecule has 2 aromatic carbocycles. The molecule has 12 heteroatoms. The summed E-state index contributed by atoms with van der Waals surface area (Å²) in [6, 6.07) is 12.1. The van der Waals surface area contributed by atoms with Crippen molar-refractivity contribution >= 4 is 16.8 Å². The number of H-pyrrole nitrogens is 1. The van der Waals surface area contributed by atoms with Crippen LogP contribution in [0.4, 0.5) is 8.78 Å². The molecule has 10 nitrogen and oxygen atoms in total. The van der Waals surface area contributed by atoms with Crippen molar-refractivity contribution in [2.75, 3.05) is 13.2 Å². The Labute approximate surface area is 220 Å². The number of benzene rings is 2. The molecule has 0 unspecified atom stereocenters. The lowest BCUT2D eigenvalue weighted by Crippen LogP contribution is -2.27. The topological polar surface area (TPSA) is 138 Å². The molecule has 0 aliphatic carbocycles. The summed E-state index contributed by atoms with van der Waals surface area (Å²) in [6.45, 7) is 0.796. The molecule has 3 heterocycles. The van der Waals surface area contributed by atoms with E-state index < -0.39 is 23.0 Å². The maximum atomic E-state index is 15.0. The smallest absolute Gasteiger partial charge is 0.282 e. The summed E-state index contributed by atoms with van der Waals surface area (Å²) in [5.41, 5.74) is 5.76. The predicted octanol–water partition coefficient (Wildman–Crippen LogP) is 3.73. The van der Waals surface area contributed by atoms with E-state index in [-0.39, 0.29) is 29.4 Å². The second kappa shape index (κ2) is 11.2. The van der Waals surface area contributed by atoms with Crippen LogP contribution in [0, 0.1) is 11.6 Å². The highest BCUT2D eigenvalue weighted by molar-refractivity contribution is 5.97. The number of aromatic amines is 1. The Hall–Kier alpha value is -4.97. The Balaban J connectivity index is 1.35. The highest BCUT2D eigenvalue weighted by Crippen LogP contribution is 2.35. The van der Waals surface area contributed by atoms with Gasteiger partial charge in [-0.1, -0.05) is 6.07 Å². The van der Waals surface area contributed by atoms with Crippen LogP contribution < -0.4 is 20.8 Å². The van der Waals surface area contributed by atoms with Crippen molar-refractivity contribution in [1.82, 2.24) is 25.0 Å². The van der Waals surface area contributed by atoms with Crippen LogP contribution in [0.25, 0.3) is 16.7 Å². The molecule has 5 aromatic rings. The van der Waals surface area contributed by atoms with E-state index >= 15 is 4.39 Å². The van der Waals surface area contributed by atoms with Gasteiger partial charge < -0.3 is 15.2 Å². The highest BCUT2D eigenvalue weighted by Gasteiger charge is 2.18. The van der Waals surface area contributed by atoms with Gasteiger partial charge in [-0.15, -0.1) is 5.10 Å². The SMILES string of the molecule is NCCCOc1n[nH]c2nccc(Oc3ccc(CC(=O)c4ccnn(-c5ccc(F)cc5)c4=O)cc3F)c12. The van der Waals surface area contributed by atoms with E-state index in [0.717, 1.165) is 4.68 Å². The number of aromatic nitrogens is 5. The number of ether oxygens (including phenoxy) is 2. The van der Waals surface area contributed by atoms with Crippen molar-refractivity contribution in [2.45, 2.75) is 12.8 Å². The Morgan fingerprint density at radius 1 is 1.03 bits per heavy atom. The van der Waals surface area contributed by atoms with Crippen molar-refractivity contribution < 1.29 is 23.0 Å². The molecular formula is C27H22F2N6O4. The number of carbonyl (C=O) groups excluding carboxylic acids is 1. The molecule has 0 fully saturated rings. The van der Waals surface area contributed by atoms with Gasteiger partial charge in [0.15, 0.2) is 23.0 Å². The predicted molar refractivity (Wildman–Crippen MR) is 137 cm³/mol. The molecule has 39 heavy (non-hydrogen) atoms. The Bertz CT molecular complexity index is 1700. The second-order valence-electron chi connectivity index (χ2n) is 8.46. The molecule has 0 saturated carbocycles. The van der Waals surface area contributed by atoms with Crippen molar-refractivity contribution in [2.24, 2.45) is 5.73 Å². The van der Waals surface area contributed by atoms with Gasteiger partial charge in [-0.25, -0.2) is 13.8 Å². The number of halogens is 2. The van der Waals surface area contributed by atoms with Gasteiger partial charge >= 0.3 is 0 Å². The van der Waals surface area contributed by atoms with E-state index in [2.05, 4.69) is 20.3 Å². The van der Waals surface area contributed by atoms with Gasteiger partial charge in [-0.3, -0.25) is 14.7 Å². The average Bonchev–Trinajstić information content (AvgIpc) is 3.35. The lowest BCUT2D eigenvalue weighted by molar-refractivity contribution is 0.0991. The van der Waals surface area contributed by atoms with Crippen LogP contribution in [-0.4, -0.2) is 43.9 Å². The fourth-order valence-electron chi connectivity index (χ4n) is 3.86. The lowest BCUT2D eigenvalue weighted by Gasteiger charge is -2.10. The molecule has 0 spiro atoms. The van der Waals surface area contributed by atoms with Crippen molar-refractivity contribution in [3.63, 3.8) is 0 Å². The van der Waals surface area contributed by atoms with Crippen LogP contribution in [0.1, 0.15) is 22.3 Å². The van der Waals surface area contributed by atoms with Crippen LogP contribution in [-0.2, 0) is 6.42 Å². The third kappa shape index (κ3) is 5.50. The number of hydrogen-bond acceptors (Lipinski definition) is 8. The zero-order valence-electron chi connectivity index (χ0n) is 20.4. The number of rotatable bonds is 10. The average molecular weight is 533 g/mol. The van der Waals surface area contributed by atoms with Gasteiger partial charge in [0.2, 0.25) is 5.88 Å². The Morgan fingerprint density at radius 2 is 1.85 bits per heavy atom. The number of nitrogens with zero attached hydrogens (tertiary/aromatic N) is 4. The Morgan fingerprint density at radius 3 is 2.62 bits per heavy atom. The third-order valence-corrected chi connectivity index (χ3v) is 5.78. The molecule has 0 amide bonds. The van der Waals surface area contributed by atoms with Crippen LogP contribution >= 0.6 is 0 Å². The zero-order chi connectivity index (χ0) is 27.4. The minimum Gasteiger partial charge on any atom is -0.476 e. The molecule has 0 aliphatic rings. The van der Waals surface area contributed by atoms with Crippen LogP contribution in [0.3, 0.4) is 0 Å². The summed E-state index contributed by atoms with van der Waals surface area (Å²) in [6.07, 6.45) is 3.17. The summed E-state index contributed by atoms with van der Waals surface area (Å²) < 4.78 is 40.7. The van der Waals surface area contributed by atoms with Crippen molar-refractivity contribution in [1.29, 1.82) is 0 Å². The first-order valence-corrected chi connectivity index (χ1v) is 11.9. The standard InChI is InChI=1S/C27H22F2N6O4/c28-17-3-5-18(6-4-17)35-27(37)19(8-12-32-35)21(36)15-16-2-7-22(20(29)14-16)39-23-9-11-31-25-24(23)26(34-33-25)38-13-1-10-30/h2-9,11-12,14H,1,10,13,15,30H2,(H,31,33,34). The van der Waals surface area contributed by atoms with Gasteiger partial charge in [0.25, 0.3) is 5.56 Å². The third-order valence-electron chi connectivity index (χ3n) is 5.78. The van der Waals surface area contributed by atoms with Gasteiger partial charge in [-0.05, 0) is 61.0 Å². The number of nitrogens with two attached hydrogens (primary N) is 1. The van der Waals surface area contributed by atoms with Crippen molar-refractivity contribution in [3.8, 4) is 23.1 Å². The molecule has 3 N–H and O–H groups in total. The van der Waals surface area contributed by atoms with Gasteiger partial charge in [0.1, 0.15) is 17.0 Å². The molecule has 0 saturated heterocycles. The summed E-state index contributed by atoms with van der Waals surface area (Å²) in [5, 5.41) is 11.3. The first-order valence-electron chi connectivity index (χ1n) is 11.9. The first kappa shape index (κ1) is 25.7. The van der Waals surface area contributed by atoms with Gasteiger partial charge in [0.05, 0.1) is 17.9 Å². The van der Waals surface area contributed by atoms with Crippen LogP contribution in [0.15, 0.2) is 71.8 Å². The number of carbonyl (C=O) groups is 1. The van der Waals surface area contributed by atoms with E-state index in [1.807, 2.05) is 0 Å². The number of nitrogens with one attached hydrogen (secondary N) is 1. The maximum absolute atomic E-state index is 15.0.